The summed E-state index contributed by atoms with van der Waals surface area (Å²) in [5.74, 6) is 1.59. The maximum absolute atomic E-state index is 11.5. The molecule has 4 rings (SSSR count). The summed E-state index contributed by atoms with van der Waals surface area (Å²) in [5, 5.41) is 0. The smallest absolute Gasteiger partial charge is 0.177 e. The number of ether oxygens (including phenoxy) is 1. The van der Waals surface area contributed by atoms with E-state index in [0.29, 0.717) is 12.0 Å². The van der Waals surface area contributed by atoms with Crippen LogP contribution in [0.1, 0.15) is 25.7 Å². The lowest BCUT2D eigenvalue weighted by molar-refractivity contribution is -0.0622. The molecule has 1 aromatic rings. The summed E-state index contributed by atoms with van der Waals surface area (Å²) in [6.45, 7) is 1.76. The van der Waals surface area contributed by atoms with Gasteiger partial charge in [0.1, 0.15) is 11.4 Å². The van der Waals surface area contributed by atoms with Crippen molar-refractivity contribution < 1.29 is 13.2 Å². The van der Waals surface area contributed by atoms with Crippen molar-refractivity contribution in [3.63, 3.8) is 0 Å². The highest BCUT2D eigenvalue weighted by molar-refractivity contribution is 7.90. The van der Waals surface area contributed by atoms with Gasteiger partial charge >= 0.3 is 0 Å². The zero-order valence-corrected chi connectivity index (χ0v) is 13.0. The zero-order valence-electron chi connectivity index (χ0n) is 12.2. The summed E-state index contributed by atoms with van der Waals surface area (Å²) >= 11 is 0. The Balaban J connectivity index is 1.59. The Bertz CT molecular complexity index is 646. The first-order valence-electron chi connectivity index (χ1n) is 7.56. The van der Waals surface area contributed by atoms with E-state index in [0.717, 1.165) is 31.8 Å². The molecular weight excluding hydrogens is 288 g/mol. The van der Waals surface area contributed by atoms with Crippen molar-refractivity contribution in [1.82, 2.24) is 4.98 Å². The summed E-state index contributed by atoms with van der Waals surface area (Å²) in [6.07, 6.45) is 7.52. The maximum atomic E-state index is 11.5. The SMILES string of the molecule is CS(=O)(=O)c1ccc(N2CC3(CCCO3)C2C2CC2)nc1. The average molecular weight is 308 g/mol. The van der Waals surface area contributed by atoms with Gasteiger partial charge in [-0.25, -0.2) is 13.4 Å². The molecular formula is C15H20N2O3S. The van der Waals surface area contributed by atoms with Crippen molar-refractivity contribution in [3.8, 4) is 0 Å². The third-order valence-corrected chi connectivity index (χ3v) is 6.06. The number of sulfone groups is 1. The molecule has 0 N–H and O–H groups in total. The number of pyridine rings is 1. The molecule has 0 radical (unpaired) electrons. The molecule has 3 heterocycles. The summed E-state index contributed by atoms with van der Waals surface area (Å²) < 4.78 is 29.1. The van der Waals surface area contributed by atoms with Gasteiger partial charge in [-0.2, -0.15) is 0 Å². The minimum Gasteiger partial charge on any atom is -0.371 e. The topological polar surface area (TPSA) is 59.5 Å². The normalized spacial score (nSPS) is 32.4. The zero-order chi connectivity index (χ0) is 14.7. The van der Waals surface area contributed by atoms with E-state index in [-0.39, 0.29) is 10.5 Å². The third kappa shape index (κ3) is 2.16. The van der Waals surface area contributed by atoms with Crippen LogP contribution in [0.15, 0.2) is 23.2 Å². The van der Waals surface area contributed by atoms with Crippen LogP contribution in [-0.4, -0.2) is 44.5 Å². The van der Waals surface area contributed by atoms with E-state index < -0.39 is 9.84 Å². The first-order chi connectivity index (χ1) is 10.00. The van der Waals surface area contributed by atoms with Gasteiger partial charge in [0.15, 0.2) is 9.84 Å². The summed E-state index contributed by atoms with van der Waals surface area (Å²) in [4.78, 5) is 6.95. The van der Waals surface area contributed by atoms with Crippen molar-refractivity contribution in [1.29, 1.82) is 0 Å². The molecule has 1 spiro atoms. The van der Waals surface area contributed by atoms with Gasteiger partial charge in [-0.1, -0.05) is 0 Å². The van der Waals surface area contributed by atoms with Crippen LogP contribution in [0, 0.1) is 5.92 Å². The molecule has 3 aliphatic rings. The van der Waals surface area contributed by atoms with Crippen LogP contribution in [0.25, 0.3) is 0 Å². The second-order valence-electron chi connectivity index (χ2n) is 6.55. The van der Waals surface area contributed by atoms with Crippen LogP contribution >= 0.6 is 0 Å². The molecule has 3 fully saturated rings. The third-order valence-electron chi connectivity index (χ3n) is 4.96. The Kier molecular flexibility index (Phi) is 2.85. The Morgan fingerprint density at radius 1 is 1.38 bits per heavy atom. The fourth-order valence-corrected chi connectivity index (χ4v) is 4.37. The number of hydrogen-bond acceptors (Lipinski definition) is 5. The molecule has 21 heavy (non-hydrogen) atoms. The molecule has 114 valence electrons. The highest BCUT2D eigenvalue weighted by atomic mass is 32.2. The highest BCUT2D eigenvalue weighted by Gasteiger charge is 2.60. The van der Waals surface area contributed by atoms with E-state index in [1.807, 2.05) is 6.07 Å². The lowest BCUT2D eigenvalue weighted by atomic mass is 9.78. The lowest BCUT2D eigenvalue weighted by Gasteiger charge is -2.56. The van der Waals surface area contributed by atoms with Crippen LogP contribution in [0.5, 0.6) is 0 Å². The molecule has 0 aromatic carbocycles. The summed E-state index contributed by atoms with van der Waals surface area (Å²) in [7, 11) is -3.18. The van der Waals surface area contributed by atoms with Gasteiger partial charge in [0, 0.05) is 19.1 Å². The molecule has 2 atom stereocenters. The van der Waals surface area contributed by atoms with Gasteiger partial charge in [-0.3, -0.25) is 0 Å². The molecule has 1 aromatic heterocycles. The Labute approximate surface area is 125 Å². The first kappa shape index (κ1) is 13.5. The average Bonchev–Trinajstić information content (AvgIpc) is 3.10. The van der Waals surface area contributed by atoms with Crippen LogP contribution in [0.2, 0.25) is 0 Å². The highest BCUT2D eigenvalue weighted by Crippen LogP contribution is 2.52. The molecule has 0 bridgehead atoms. The quantitative estimate of drug-likeness (QED) is 0.849. The van der Waals surface area contributed by atoms with Crippen molar-refractivity contribution >= 4 is 15.7 Å². The number of hydrogen-bond donors (Lipinski definition) is 0. The van der Waals surface area contributed by atoms with Crippen LogP contribution in [0.3, 0.4) is 0 Å². The van der Waals surface area contributed by atoms with Crippen molar-refractivity contribution in [2.75, 3.05) is 24.3 Å². The molecule has 2 aliphatic heterocycles. The van der Waals surface area contributed by atoms with E-state index in [2.05, 4.69) is 9.88 Å². The second kappa shape index (κ2) is 4.43. The predicted molar refractivity (Wildman–Crippen MR) is 79.1 cm³/mol. The van der Waals surface area contributed by atoms with Crippen LogP contribution in [0.4, 0.5) is 5.82 Å². The second-order valence-corrected chi connectivity index (χ2v) is 8.57. The molecule has 1 saturated carbocycles. The van der Waals surface area contributed by atoms with Crippen LogP contribution < -0.4 is 4.90 Å². The van der Waals surface area contributed by atoms with Crippen molar-refractivity contribution in [2.24, 2.45) is 5.92 Å². The standard InChI is InChI=1S/C15H20N2O3S/c1-21(18,19)12-5-6-13(16-9-12)17-10-15(7-2-8-20-15)14(17)11-3-4-11/h5-6,9,11,14H,2-4,7-8,10H2,1H3. The monoisotopic (exact) mass is 308 g/mol. The van der Waals surface area contributed by atoms with Gasteiger partial charge in [0.25, 0.3) is 0 Å². The fraction of sp³-hybridized carbons (Fsp3) is 0.667. The molecule has 2 unspecified atom stereocenters. The lowest BCUT2D eigenvalue weighted by Crippen LogP contribution is -2.71. The van der Waals surface area contributed by atoms with E-state index in [4.69, 9.17) is 4.74 Å². The molecule has 2 saturated heterocycles. The Hall–Kier alpha value is -1.14. The van der Waals surface area contributed by atoms with E-state index in [9.17, 15) is 8.42 Å². The fourth-order valence-electron chi connectivity index (χ4n) is 3.81. The first-order valence-corrected chi connectivity index (χ1v) is 9.45. The molecule has 1 aliphatic carbocycles. The largest absolute Gasteiger partial charge is 0.371 e. The predicted octanol–water partition coefficient (Wildman–Crippen LogP) is 1.63. The van der Waals surface area contributed by atoms with Gasteiger partial charge in [-0.15, -0.1) is 0 Å². The molecule has 0 amide bonds. The van der Waals surface area contributed by atoms with Gasteiger partial charge < -0.3 is 9.64 Å². The van der Waals surface area contributed by atoms with E-state index in [1.54, 1.807) is 6.07 Å². The number of rotatable bonds is 3. The van der Waals surface area contributed by atoms with Crippen molar-refractivity contribution in [3.05, 3.63) is 18.3 Å². The van der Waals surface area contributed by atoms with Crippen molar-refractivity contribution in [2.45, 2.75) is 42.2 Å². The molecule has 5 nitrogen and oxygen atoms in total. The number of nitrogens with zero attached hydrogens (tertiary/aromatic N) is 2. The Morgan fingerprint density at radius 3 is 2.71 bits per heavy atom. The number of aromatic nitrogens is 1. The minimum absolute atomic E-state index is 0.0400. The number of anilines is 1. The summed E-state index contributed by atoms with van der Waals surface area (Å²) in [6, 6.07) is 3.91. The van der Waals surface area contributed by atoms with Gasteiger partial charge in [-0.05, 0) is 43.7 Å². The van der Waals surface area contributed by atoms with Gasteiger partial charge in [0.2, 0.25) is 0 Å². The van der Waals surface area contributed by atoms with Gasteiger partial charge in [0.05, 0.1) is 17.5 Å². The van der Waals surface area contributed by atoms with E-state index in [1.165, 1.54) is 25.3 Å². The maximum Gasteiger partial charge on any atom is 0.177 e. The van der Waals surface area contributed by atoms with E-state index >= 15 is 0 Å². The minimum atomic E-state index is -3.18. The summed E-state index contributed by atoms with van der Waals surface area (Å²) in [5.41, 5.74) is 0.0400. The Morgan fingerprint density at radius 2 is 2.19 bits per heavy atom. The molecule has 6 heteroatoms. The van der Waals surface area contributed by atoms with Crippen LogP contribution in [-0.2, 0) is 14.6 Å².